The standard InChI is InChI=1S/C24H24ClN3O4S/c1-18-4-2-5-19(16-18)17-27-11-3-6-22(24(27)30)23(29)26-12-14-28(15-13-26)33(31,32)21-9-7-20(25)8-10-21/h2-11,16H,12-15,17H2,1H3. The summed E-state index contributed by atoms with van der Waals surface area (Å²) < 4.78 is 28.6. The molecule has 0 unspecified atom stereocenters. The Balaban J connectivity index is 1.47. The molecule has 0 radical (unpaired) electrons. The zero-order valence-corrected chi connectivity index (χ0v) is 19.7. The smallest absolute Gasteiger partial charge is 0.263 e. The molecule has 7 nitrogen and oxygen atoms in total. The maximum atomic E-state index is 13.1. The molecule has 0 saturated carbocycles. The van der Waals surface area contributed by atoms with E-state index in [0.29, 0.717) is 11.6 Å². The highest BCUT2D eigenvalue weighted by Gasteiger charge is 2.31. The molecule has 1 aliphatic heterocycles. The lowest BCUT2D eigenvalue weighted by Gasteiger charge is -2.34. The highest BCUT2D eigenvalue weighted by Crippen LogP contribution is 2.20. The van der Waals surface area contributed by atoms with E-state index in [1.165, 1.54) is 44.1 Å². The first-order chi connectivity index (χ1) is 15.8. The van der Waals surface area contributed by atoms with Crippen molar-refractivity contribution in [1.29, 1.82) is 0 Å². The predicted molar refractivity (Wildman–Crippen MR) is 127 cm³/mol. The van der Waals surface area contributed by atoms with Crippen LogP contribution < -0.4 is 5.56 Å². The van der Waals surface area contributed by atoms with Gasteiger partial charge in [0.2, 0.25) is 10.0 Å². The predicted octanol–water partition coefficient (Wildman–Crippen LogP) is 3.01. The maximum Gasteiger partial charge on any atom is 0.263 e. The molecular formula is C24H24ClN3O4S. The van der Waals surface area contributed by atoms with Crippen LogP contribution in [0.3, 0.4) is 0 Å². The van der Waals surface area contributed by atoms with Gasteiger partial charge in [-0.15, -0.1) is 0 Å². The monoisotopic (exact) mass is 485 g/mol. The molecule has 2 aromatic carbocycles. The van der Waals surface area contributed by atoms with Gasteiger partial charge in [-0.3, -0.25) is 9.59 Å². The summed E-state index contributed by atoms with van der Waals surface area (Å²) in [5, 5.41) is 0.459. The first-order valence-electron chi connectivity index (χ1n) is 10.6. The molecule has 1 fully saturated rings. The van der Waals surface area contributed by atoms with Gasteiger partial charge in [-0.25, -0.2) is 8.42 Å². The lowest BCUT2D eigenvalue weighted by molar-refractivity contribution is 0.0695. The Hall–Kier alpha value is -2.94. The van der Waals surface area contributed by atoms with Crippen LogP contribution >= 0.6 is 11.6 Å². The van der Waals surface area contributed by atoms with Gasteiger partial charge in [-0.1, -0.05) is 41.4 Å². The van der Waals surface area contributed by atoms with Crippen LogP contribution in [-0.2, 0) is 16.6 Å². The zero-order valence-electron chi connectivity index (χ0n) is 18.1. The van der Waals surface area contributed by atoms with Gasteiger partial charge >= 0.3 is 0 Å². The largest absolute Gasteiger partial charge is 0.336 e. The molecule has 4 rings (SSSR count). The number of halogens is 1. The highest BCUT2D eigenvalue weighted by atomic mass is 35.5. The van der Waals surface area contributed by atoms with Crippen molar-refractivity contribution in [2.45, 2.75) is 18.4 Å². The summed E-state index contributed by atoms with van der Waals surface area (Å²) >= 11 is 5.86. The lowest BCUT2D eigenvalue weighted by atomic mass is 10.1. The molecule has 0 aliphatic carbocycles. The average Bonchev–Trinajstić information content (AvgIpc) is 2.80. The first kappa shape index (κ1) is 23.2. The number of amides is 1. The molecule has 0 bridgehead atoms. The number of sulfonamides is 1. The first-order valence-corrected chi connectivity index (χ1v) is 12.4. The number of aryl methyl sites for hydroxylation is 1. The van der Waals surface area contributed by atoms with E-state index < -0.39 is 10.0 Å². The summed E-state index contributed by atoms with van der Waals surface area (Å²) in [5.74, 6) is -0.387. The van der Waals surface area contributed by atoms with Crippen LogP contribution in [0, 0.1) is 6.92 Å². The number of hydrogen-bond donors (Lipinski definition) is 0. The minimum Gasteiger partial charge on any atom is -0.336 e. The highest BCUT2D eigenvalue weighted by molar-refractivity contribution is 7.89. The van der Waals surface area contributed by atoms with Gasteiger partial charge in [0, 0.05) is 37.4 Å². The van der Waals surface area contributed by atoms with Crippen molar-refractivity contribution in [1.82, 2.24) is 13.8 Å². The topological polar surface area (TPSA) is 79.7 Å². The Bertz CT molecular complexity index is 1330. The fraction of sp³-hybridized carbons (Fsp3) is 0.250. The molecule has 9 heteroatoms. The van der Waals surface area contributed by atoms with E-state index in [0.717, 1.165) is 11.1 Å². The summed E-state index contributed by atoms with van der Waals surface area (Å²) in [7, 11) is -3.67. The van der Waals surface area contributed by atoms with Gasteiger partial charge in [0.25, 0.3) is 11.5 Å². The SMILES string of the molecule is Cc1cccc(Cn2cccc(C(=O)N3CCN(S(=O)(=O)c4ccc(Cl)cc4)CC3)c2=O)c1. The van der Waals surface area contributed by atoms with Crippen LogP contribution in [0.5, 0.6) is 0 Å². The van der Waals surface area contributed by atoms with Crippen LogP contribution in [0.1, 0.15) is 21.5 Å². The van der Waals surface area contributed by atoms with Crippen LogP contribution in [0.4, 0.5) is 0 Å². The second-order valence-electron chi connectivity index (χ2n) is 7.99. The number of piperazine rings is 1. The van der Waals surface area contributed by atoms with Crippen molar-refractivity contribution >= 4 is 27.5 Å². The van der Waals surface area contributed by atoms with Crippen molar-refractivity contribution in [3.63, 3.8) is 0 Å². The fourth-order valence-electron chi connectivity index (χ4n) is 3.89. The van der Waals surface area contributed by atoms with E-state index in [1.54, 1.807) is 12.3 Å². The van der Waals surface area contributed by atoms with Gasteiger partial charge in [0.05, 0.1) is 11.4 Å². The molecule has 0 N–H and O–H groups in total. The van der Waals surface area contributed by atoms with Gasteiger partial charge < -0.3 is 9.47 Å². The second kappa shape index (κ2) is 9.51. The Kier molecular flexibility index (Phi) is 6.69. The fourth-order valence-corrected chi connectivity index (χ4v) is 5.44. The van der Waals surface area contributed by atoms with Gasteiger partial charge in [-0.05, 0) is 48.9 Å². The van der Waals surface area contributed by atoms with Crippen LogP contribution in [0.25, 0.3) is 0 Å². The summed E-state index contributed by atoms with van der Waals surface area (Å²) in [5.41, 5.74) is 1.79. The molecule has 1 aromatic heterocycles. The minimum atomic E-state index is -3.67. The Labute approximate surface area is 197 Å². The van der Waals surface area contributed by atoms with Crippen LogP contribution in [0.2, 0.25) is 5.02 Å². The molecule has 1 saturated heterocycles. The molecule has 1 amide bonds. The number of rotatable bonds is 5. The third kappa shape index (κ3) is 5.03. The number of aromatic nitrogens is 1. The van der Waals surface area contributed by atoms with Crippen molar-refractivity contribution < 1.29 is 13.2 Å². The average molecular weight is 486 g/mol. The number of pyridine rings is 1. The van der Waals surface area contributed by atoms with Crippen LogP contribution in [-0.4, -0.2) is 54.3 Å². The Morgan fingerprint density at radius 1 is 0.970 bits per heavy atom. The van der Waals surface area contributed by atoms with E-state index >= 15 is 0 Å². The zero-order chi connectivity index (χ0) is 23.6. The van der Waals surface area contributed by atoms with E-state index in [1.807, 2.05) is 31.2 Å². The molecule has 0 spiro atoms. The van der Waals surface area contributed by atoms with Gasteiger partial charge in [0.15, 0.2) is 0 Å². The molecule has 1 aliphatic rings. The van der Waals surface area contributed by atoms with Crippen molar-refractivity contribution in [2.75, 3.05) is 26.2 Å². The van der Waals surface area contributed by atoms with Crippen molar-refractivity contribution in [3.8, 4) is 0 Å². The third-order valence-corrected chi connectivity index (χ3v) is 7.83. The second-order valence-corrected chi connectivity index (χ2v) is 10.4. The number of carbonyl (C=O) groups excluding carboxylic acids is 1. The normalized spacial score (nSPS) is 14.9. The summed E-state index contributed by atoms with van der Waals surface area (Å²) in [6.45, 7) is 3.07. The van der Waals surface area contributed by atoms with E-state index in [4.69, 9.17) is 11.6 Å². The van der Waals surface area contributed by atoms with Gasteiger partial charge in [-0.2, -0.15) is 4.31 Å². The Morgan fingerprint density at radius 3 is 2.33 bits per heavy atom. The van der Waals surface area contributed by atoms with Crippen molar-refractivity contribution in [2.24, 2.45) is 0 Å². The maximum absolute atomic E-state index is 13.1. The number of carbonyl (C=O) groups is 1. The molecule has 33 heavy (non-hydrogen) atoms. The summed E-state index contributed by atoms with van der Waals surface area (Å²) in [4.78, 5) is 27.7. The number of benzene rings is 2. The van der Waals surface area contributed by atoms with Crippen molar-refractivity contribution in [3.05, 3.63) is 98.9 Å². The summed E-state index contributed by atoms with van der Waals surface area (Å²) in [6.07, 6.45) is 1.66. The lowest BCUT2D eigenvalue weighted by Crippen LogP contribution is -2.51. The van der Waals surface area contributed by atoms with E-state index in [-0.39, 0.29) is 48.1 Å². The molecule has 3 aromatic rings. The quantitative estimate of drug-likeness (QED) is 0.556. The van der Waals surface area contributed by atoms with Gasteiger partial charge in [0.1, 0.15) is 5.56 Å². The van der Waals surface area contributed by atoms with E-state index in [9.17, 15) is 18.0 Å². The minimum absolute atomic E-state index is 0.0826. The molecule has 0 atom stereocenters. The molecule has 2 heterocycles. The molecule has 172 valence electrons. The summed E-state index contributed by atoms with van der Waals surface area (Å²) in [6, 6.07) is 17.1. The Morgan fingerprint density at radius 2 is 1.67 bits per heavy atom. The number of hydrogen-bond acceptors (Lipinski definition) is 4. The van der Waals surface area contributed by atoms with E-state index in [2.05, 4.69) is 0 Å². The number of nitrogens with zero attached hydrogens (tertiary/aromatic N) is 3. The third-order valence-electron chi connectivity index (χ3n) is 5.66. The molecular weight excluding hydrogens is 462 g/mol. The van der Waals surface area contributed by atoms with Crippen LogP contribution in [0.15, 0.2) is 76.6 Å².